The molecule has 0 radical (unpaired) electrons. The smallest absolute Gasteiger partial charge is 0.201 e. The third-order valence-corrected chi connectivity index (χ3v) is 3.65. The van der Waals surface area contributed by atoms with E-state index in [1.807, 2.05) is 18.2 Å². The molecule has 1 aromatic carbocycles. The fourth-order valence-corrected chi connectivity index (χ4v) is 2.76. The van der Waals surface area contributed by atoms with Gasteiger partial charge in [-0.3, -0.25) is 0 Å². The van der Waals surface area contributed by atoms with Crippen LogP contribution >= 0.6 is 0 Å². The third-order valence-electron chi connectivity index (χ3n) is 3.65. The first-order chi connectivity index (χ1) is 8.25. The van der Waals surface area contributed by atoms with Gasteiger partial charge in [-0.2, -0.15) is 0 Å². The van der Waals surface area contributed by atoms with E-state index in [1.54, 1.807) is 0 Å². The summed E-state index contributed by atoms with van der Waals surface area (Å²) in [6, 6.07) is 8.41. The zero-order chi connectivity index (χ0) is 11.8. The standard InChI is InChI=1S/C13H17N3O/c14-13-15-11-3-1-2-4-12(11)16(13)9-5-7-10(17)8-6-9/h1-4,9-10,17H,5-8H2,(H2,14,15). The van der Waals surface area contributed by atoms with Crippen molar-refractivity contribution in [3.8, 4) is 0 Å². The van der Waals surface area contributed by atoms with Crippen LogP contribution in [0.1, 0.15) is 31.7 Å². The van der Waals surface area contributed by atoms with E-state index in [1.165, 1.54) is 0 Å². The molecule has 0 saturated heterocycles. The van der Waals surface area contributed by atoms with Gasteiger partial charge in [0, 0.05) is 6.04 Å². The van der Waals surface area contributed by atoms with Gasteiger partial charge in [0.2, 0.25) is 5.95 Å². The van der Waals surface area contributed by atoms with Crippen molar-refractivity contribution in [1.29, 1.82) is 0 Å². The van der Waals surface area contributed by atoms with Gasteiger partial charge >= 0.3 is 0 Å². The van der Waals surface area contributed by atoms with E-state index >= 15 is 0 Å². The maximum Gasteiger partial charge on any atom is 0.201 e. The van der Waals surface area contributed by atoms with Gasteiger partial charge in [-0.15, -0.1) is 0 Å². The molecule has 1 aliphatic rings. The van der Waals surface area contributed by atoms with Gasteiger partial charge in [0.15, 0.2) is 0 Å². The van der Waals surface area contributed by atoms with Crippen LogP contribution in [0, 0.1) is 0 Å². The Morgan fingerprint density at radius 2 is 1.88 bits per heavy atom. The van der Waals surface area contributed by atoms with Crippen molar-refractivity contribution in [2.45, 2.75) is 37.8 Å². The molecule has 0 spiro atoms. The molecule has 4 heteroatoms. The summed E-state index contributed by atoms with van der Waals surface area (Å²) in [4.78, 5) is 4.39. The highest BCUT2D eigenvalue weighted by Crippen LogP contribution is 2.33. The van der Waals surface area contributed by atoms with Crippen LogP contribution in [0.5, 0.6) is 0 Å². The van der Waals surface area contributed by atoms with Crippen LogP contribution < -0.4 is 5.73 Å². The van der Waals surface area contributed by atoms with E-state index < -0.39 is 0 Å². The molecule has 3 N–H and O–H groups in total. The van der Waals surface area contributed by atoms with Gasteiger partial charge in [0.1, 0.15) is 0 Å². The first kappa shape index (κ1) is 10.6. The van der Waals surface area contributed by atoms with Crippen LogP contribution in [0.25, 0.3) is 11.0 Å². The Balaban J connectivity index is 2.02. The summed E-state index contributed by atoms with van der Waals surface area (Å²) in [5, 5.41) is 9.55. The van der Waals surface area contributed by atoms with E-state index in [4.69, 9.17) is 5.73 Å². The minimum atomic E-state index is -0.137. The summed E-state index contributed by atoms with van der Waals surface area (Å²) >= 11 is 0. The molecule has 0 atom stereocenters. The number of hydrogen-bond acceptors (Lipinski definition) is 3. The number of aliphatic hydroxyl groups excluding tert-OH is 1. The minimum absolute atomic E-state index is 0.137. The Kier molecular flexibility index (Phi) is 2.52. The molecule has 17 heavy (non-hydrogen) atoms. The predicted molar refractivity (Wildman–Crippen MR) is 67.7 cm³/mol. The molecule has 4 nitrogen and oxygen atoms in total. The van der Waals surface area contributed by atoms with Gasteiger partial charge in [-0.25, -0.2) is 4.98 Å². The highest BCUT2D eigenvalue weighted by molar-refractivity contribution is 5.78. The number of aliphatic hydroxyl groups is 1. The largest absolute Gasteiger partial charge is 0.393 e. The third kappa shape index (κ3) is 1.78. The molecule has 0 aliphatic heterocycles. The van der Waals surface area contributed by atoms with Gasteiger partial charge in [-0.1, -0.05) is 12.1 Å². The van der Waals surface area contributed by atoms with Crippen molar-refractivity contribution in [3.05, 3.63) is 24.3 Å². The van der Waals surface area contributed by atoms with Crippen LogP contribution in [-0.2, 0) is 0 Å². The van der Waals surface area contributed by atoms with Crippen molar-refractivity contribution in [1.82, 2.24) is 9.55 Å². The highest BCUT2D eigenvalue weighted by atomic mass is 16.3. The van der Waals surface area contributed by atoms with Crippen molar-refractivity contribution in [2.24, 2.45) is 0 Å². The average Bonchev–Trinajstić information content (AvgIpc) is 2.66. The summed E-state index contributed by atoms with van der Waals surface area (Å²) in [5.74, 6) is 0.590. The normalized spacial score (nSPS) is 25.2. The Morgan fingerprint density at radius 1 is 1.18 bits per heavy atom. The fourth-order valence-electron chi connectivity index (χ4n) is 2.76. The lowest BCUT2D eigenvalue weighted by atomic mass is 9.93. The van der Waals surface area contributed by atoms with Crippen molar-refractivity contribution < 1.29 is 5.11 Å². The number of nitrogens with zero attached hydrogens (tertiary/aromatic N) is 2. The quantitative estimate of drug-likeness (QED) is 0.790. The van der Waals surface area contributed by atoms with Crippen LogP contribution in [0.4, 0.5) is 5.95 Å². The molecule has 1 heterocycles. The molecule has 3 rings (SSSR count). The maximum atomic E-state index is 9.55. The first-order valence-electron chi connectivity index (χ1n) is 6.16. The zero-order valence-electron chi connectivity index (χ0n) is 9.71. The number of nitrogen functional groups attached to an aromatic ring is 1. The molecule has 0 amide bonds. The number of benzene rings is 1. The number of rotatable bonds is 1. The minimum Gasteiger partial charge on any atom is -0.393 e. The second-order valence-corrected chi connectivity index (χ2v) is 4.79. The molecule has 90 valence electrons. The van der Waals surface area contributed by atoms with E-state index in [0.29, 0.717) is 12.0 Å². The Labute approximate surface area is 100 Å². The first-order valence-corrected chi connectivity index (χ1v) is 6.16. The van der Waals surface area contributed by atoms with E-state index in [-0.39, 0.29) is 6.10 Å². The lowest BCUT2D eigenvalue weighted by Crippen LogP contribution is -2.21. The average molecular weight is 231 g/mol. The van der Waals surface area contributed by atoms with Gasteiger partial charge in [0.05, 0.1) is 17.1 Å². The van der Waals surface area contributed by atoms with Gasteiger partial charge in [-0.05, 0) is 37.8 Å². The Hall–Kier alpha value is -1.55. The van der Waals surface area contributed by atoms with Crippen LogP contribution in [0.2, 0.25) is 0 Å². The highest BCUT2D eigenvalue weighted by Gasteiger charge is 2.23. The molecule has 2 aromatic rings. The summed E-state index contributed by atoms with van der Waals surface area (Å²) < 4.78 is 2.13. The Bertz CT molecular complexity index is 526. The molecule has 1 saturated carbocycles. The summed E-state index contributed by atoms with van der Waals surface area (Å²) in [5.41, 5.74) is 8.07. The molecule has 1 fully saturated rings. The lowest BCUT2D eigenvalue weighted by molar-refractivity contribution is 0.112. The number of aromatic nitrogens is 2. The van der Waals surface area contributed by atoms with Crippen molar-refractivity contribution >= 4 is 17.0 Å². The number of imidazole rings is 1. The fraction of sp³-hybridized carbons (Fsp3) is 0.462. The molecular weight excluding hydrogens is 214 g/mol. The topological polar surface area (TPSA) is 64.1 Å². The van der Waals surface area contributed by atoms with Gasteiger partial charge in [0.25, 0.3) is 0 Å². The molecular formula is C13H17N3O. The lowest BCUT2D eigenvalue weighted by Gasteiger charge is -2.27. The van der Waals surface area contributed by atoms with E-state index in [2.05, 4.69) is 15.6 Å². The zero-order valence-corrected chi connectivity index (χ0v) is 9.71. The predicted octanol–water partition coefficient (Wildman–Crippen LogP) is 2.09. The van der Waals surface area contributed by atoms with Crippen LogP contribution in [-0.4, -0.2) is 20.8 Å². The second-order valence-electron chi connectivity index (χ2n) is 4.79. The molecule has 1 aliphatic carbocycles. The number of fused-ring (bicyclic) bond motifs is 1. The second kappa shape index (κ2) is 4.04. The molecule has 0 unspecified atom stereocenters. The molecule has 1 aromatic heterocycles. The molecule has 0 bridgehead atoms. The summed E-state index contributed by atoms with van der Waals surface area (Å²) in [6.07, 6.45) is 3.53. The van der Waals surface area contributed by atoms with Crippen LogP contribution in [0.3, 0.4) is 0 Å². The number of hydrogen-bond donors (Lipinski definition) is 2. The number of para-hydroxylation sites is 2. The summed E-state index contributed by atoms with van der Waals surface area (Å²) in [7, 11) is 0. The monoisotopic (exact) mass is 231 g/mol. The SMILES string of the molecule is Nc1nc2ccccc2n1C1CCC(O)CC1. The van der Waals surface area contributed by atoms with Gasteiger partial charge < -0.3 is 15.4 Å². The maximum absolute atomic E-state index is 9.55. The number of nitrogens with two attached hydrogens (primary N) is 1. The van der Waals surface area contributed by atoms with Crippen molar-refractivity contribution in [3.63, 3.8) is 0 Å². The van der Waals surface area contributed by atoms with E-state index in [9.17, 15) is 5.11 Å². The summed E-state index contributed by atoms with van der Waals surface area (Å²) in [6.45, 7) is 0. The van der Waals surface area contributed by atoms with Crippen molar-refractivity contribution in [2.75, 3.05) is 5.73 Å². The Morgan fingerprint density at radius 3 is 2.65 bits per heavy atom. The number of anilines is 1. The van der Waals surface area contributed by atoms with E-state index in [0.717, 1.165) is 36.7 Å². The van der Waals surface area contributed by atoms with Crippen LogP contribution in [0.15, 0.2) is 24.3 Å².